The van der Waals surface area contributed by atoms with Gasteiger partial charge in [-0.05, 0) is 60.7 Å². The lowest BCUT2D eigenvalue weighted by Crippen LogP contribution is -2.66. The summed E-state index contributed by atoms with van der Waals surface area (Å²) >= 11 is 0. The monoisotopic (exact) mass is 614 g/mol. The van der Waals surface area contributed by atoms with Crippen molar-refractivity contribution in [3.05, 3.63) is 131 Å². The summed E-state index contributed by atoms with van der Waals surface area (Å²) in [6.07, 6.45) is 0.800. The SMILES string of the molecule is CO.C[C@@H](c1ccccc1)N1CC[C@@]2(C1=O)c1ccccc1N[C@H]1N(C)c3ccccc3[C@]12CCN1C(=O)c2ccccc2C1=O. The Hall–Kier alpha value is -4.95. The standard InChI is InChI=1S/C37H34N4O3.CH4O/c1-24(25-12-4-3-5-13-25)40-22-21-37(35(40)44)28-16-8-10-18-30(28)38-34-36(37,29-17-9-11-19-31(29)39(34)2)20-23-41-32(42)26-14-6-7-15-27(26)33(41)43;1-2/h3-19,24,34,38H,20-23H2,1-2H3;2H,1H3/t24-,34-,36+,37-;/m0./s1. The lowest BCUT2D eigenvalue weighted by molar-refractivity contribution is -0.137. The molecule has 4 aromatic carbocycles. The normalized spacial score (nSPS) is 24.6. The molecule has 0 saturated carbocycles. The lowest BCUT2D eigenvalue weighted by Gasteiger charge is -2.54. The highest BCUT2D eigenvalue weighted by Gasteiger charge is 2.71. The number of imide groups is 1. The molecule has 2 N–H and O–H groups in total. The molecule has 8 heteroatoms. The second-order valence-electron chi connectivity index (χ2n) is 12.5. The molecule has 1 saturated heterocycles. The Morgan fingerprint density at radius 1 is 0.804 bits per heavy atom. The summed E-state index contributed by atoms with van der Waals surface area (Å²) in [6.45, 7) is 2.92. The van der Waals surface area contributed by atoms with Crippen molar-refractivity contribution in [1.29, 1.82) is 0 Å². The van der Waals surface area contributed by atoms with Crippen LogP contribution in [-0.4, -0.2) is 66.0 Å². The smallest absolute Gasteiger partial charge is 0.261 e. The van der Waals surface area contributed by atoms with Crippen LogP contribution in [0.15, 0.2) is 103 Å². The fraction of sp³-hybridized carbons (Fsp3) is 0.289. The van der Waals surface area contributed by atoms with Gasteiger partial charge in [0.1, 0.15) is 6.17 Å². The van der Waals surface area contributed by atoms with Crippen molar-refractivity contribution in [2.45, 2.75) is 42.8 Å². The first-order chi connectivity index (χ1) is 22.4. The number of para-hydroxylation sites is 2. The van der Waals surface area contributed by atoms with E-state index in [-0.39, 0.29) is 36.5 Å². The third-order valence-corrected chi connectivity index (χ3v) is 10.8. The largest absolute Gasteiger partial charge is 0.400 e. The molecule has 46 heavy (non-hydrogen) atoms. The molecule has 8 rings (SSSR count). The number of rotatable bonds is 5. The lowest BCUT2D eigenvalue weighted by atomic mass is 9.52. The number of likely N-dealkylation sites (tertiary alicyclic amines) is 1. The number of nitrogens with one attached hydrogen (secondary N) is 1. The summed E-state index contributed by atoms with van der Waals surface area (Å²) in [7, 11) is 3.08. The second kappa shape index (κ2) is 11.1. The number of carbonyl (C=O) groups is 3. The molecule has 4 aliphatic heterocycles. The third kappa shape index (κ3) is 3.86. The molecule has 1 fully saturated rings. The number of amides is 3. The summed E-state index contributed by atoms with van der Waals surface area (Å²) in [5, 5.41) is 10.8. The van der Waals surface area contributed by atoms with Crippen LogP contribution in [0.4, 0.5) is 11.4 Å². The third-order valence-electron chi connectivity index (χ3n) is 10.8. The quantitative estimate of drug-likeness (QED) is 0.295. The van der Waals surface area contributed by atoms with Gasteiger partial charge in [0.15, 0.2) is 0 Å². The van der Waals surface area contributed by atoms with Gasteiger partial charge in [0.05, 0.1) is 28.0 Å². The zero-order valence-electron chi connectivity index (χ0n) is 26.3. The highest BCUT2D eigenvalue weighted by atomic mass is 16.2. The van der Waals surface area contributed by atoms with Gasteiger partial charge in [-0.3, -0.25) is 19.3 Å². The number of aliphatic hydroxyl groups is 1. The van der Waals surface area contributed by atoms with Crippen LogP contribution in [0.5, 0.6) is 0 Å². The Morgan fingerprint density at radius 2 is 1.39 bits per heavy atom. The maximum Gasteiger partial charge on any atom is 0.261 e. The molecule has 4 aliphatic rings. The highest BCUT2D eigenvalue weighted by molar-refractivity contribution is 6.21. The number of hydrogen-bond acceptors (Lipinski definition) is 6. The van der Waals surface area contributed by atoms with E-state index in [1.54, 1.807) is 24.3 Å². The molecule has 0 aromatic heterocycles. The molecule has 0 unspecified atom stereocenters. The first-order valence-electron chi connectivity index (χ1n) is 15.8. The number of aliphatic hydroxyl groups excluding tert-OH is 1. The molecule has 4 aromatic rings. The number of carbonyl (C=O) groups excluding carboxylic acids is 3. The molecule has 1 spiro atoms. The number of hydrogen-bond donors (Lipinski definition) is 2. The van der Waals surface area contributed by atoms with E-state index in [0.29, 0.717) is 30.5 Å². The zero-order chi connectivity index (χ0) is 32.2. The number of nitrogens with zero attached hydrogens (tertiary/aromatic N) is 3. The Morgan fingerprint density at radius 3 is 2.09 bits per heavy atom. The Bertz CT molecular complexity index is 1810. The van der Waals surface area contributed by atoms with Crippen LogP contribution < -0.4 is 10.2 Å². The predicted molar refractivity (Wildman–Crippen MR) is 178 cm³/mol. The van der Waals surface area contributed by atoms with E-state index in [0.717, 1.165) is 35.2 Å². The van der Waals surface area contributed by atoms with Crippen molar-refractivity contribution < 1.29 is 19.5 Å². The number of anilines is 2. The first kappa shape index (κ1) is 29.7. The molecule has 0 radical (unpaired) electrons. The van der Waals surface area contributed by atoms with E-state index in [1.165, 1.54) is 4.90 Å². The van der Waals surface area contributed by atoms with E-state index >= 15 is 4.79 Å². The maximum absolute atomic E-state index is 15.4. The summed E-state index contributed by atoms with van der Waals surface area (Å²) in [5.41, 5.74) is 4.38. The van der Waals surface area contributed by atoms with Gasteiger partial charge in [0.2, 0.25) is 5.91 Å². The number of likely N-dealkylation sites (N-methyl/N-ethyl adjacent to an activating group) is 1. The Labute approximate surface area is 269 Å². The summed E-state index contributed by atoms with van der Waals surface area (Å²) < 4.78 is 0. The van der Waals surface area contributed by atoms with Crippen molar-refractivity contribution in [1.82, 2.24) is 9.80 Å². The van der Waals surface area contributed by atoms with Gasteiger partial charge in [0.25, 0.3) is 11.8 Å². The summed E-state index contributed by atoms with van der Waals surface area (Å²) in [6, 6.07) is 33.6. The fourth-order valence-corrected chi connectivity index (χ4v) is 8.73. The minimum Gasteiger partial charge on any atom is -0.400 e. The van der Waals surface area contributed by atoms with Crippen molar-refractivity contribution >= 4 is 29.1 Å². The molecule has 4 atom stereocenters. The van der Waals surface area contributed by atoms with Gasteiger partial charge in [-0.15, -0.1) is 0 Å². The molecular formula is C38H38N4O4. The molecule has 8 nitrogen and oxygen atoms in total. The summed E-state index contributed by atoms with van der Waals surface area (Å²) in [5.74, 6) is -0.442. The molecule has 3 amide bonds. The fourth-order valence-electron chi connectivity index (χ4n) is 8.73. The zero-order valence-corrected chi connectivity index (χ0v) is 26.3. The Balaban J connectivity index is 0.00000166. The minimum absolute atomic E-state index is 0.0975. The van der Waals surface area contributed by atoms with Gasteiger partial charge in [0, 0.05) is 38.6 Å². The van der Waals surface area contributed by atoms with Gasteiger partial charge < -0.3 is 20.2 Å². The van der Waals surface area contributed by atoms with E-state index < -0.39 is 10.8 Å². The predicted octanol–water partition coefficient (Wildman–Crippen LogP) is 5.35. The highest BCUT2D eigenvalue weighted by Crippen LogP contribution is 2.64. The van der Waals surface area contributed by atoms with Crippen LogP contribution in [0.2, 0.25) is 0 Å². The van der Waals surface area contributed by atoms with Gasteiger partial charge in [-0.25, -0.2) is 0 Å². The van der Waals surface area contributed by atoms with Crippen LogP contribution in [0.3, 0.4) is 0 Å². The molecule has 234 valence electrons. The molecule has 4 heterocycles. The van der Waals surface area contributed by atoms with E-state index in [1.807, 2.05) is 47.4 Å². The number of fused-ring (bicyclic) bond motifs is 7. The van der Waals surface area contributed by atoms with Crippen LogP contribution in [0, 0.1) is 0 Å². The first-order valence-corrected chi connectivity index (χ1v) is 15.8. The van der Waals surface area contributed by atoms with Gasteiger partial charge in [-0.2, -0.15) is 0 Å². The average molecular weight is 615 g/mol. The van der Waals surface area contributed by atoms with Gasteiger partial charge in [-0.1, -0.05) is 78.9 Å². The van der Waals surface area contributed by atoms with Crippen LogP contribution >= 0.6 is 0 Å². The van der Waals surface area contributed by atoms with Crippen molar-refractivity contribution in [3.63, 3.8) is 0 Å². The Kier molecular flexibility index (Phi) is 7.20. The maximum atomic E-state index is 15.4. The summed E-state index contributed by atoms with van der Waals surface area (Å²) in [4.78, 5) is 48.1. The van der Waals surface area contributed by atoms with Crippen molar-refractivity contribution in [2.75, 3.05) is 37.5 Å². The molecule has 0 bridgehead atoms. The molecular weight excluding hydrogens is 576 g/mol. The van der Waals surface area contributed by atoms with E-state index in [2.05, 4.69) is 60.6 Å². The average Bonchev–Trinajstić information content (AvgIpc) is 3.67. The van der Waals surface area contributed by atoms with Gasteiger partial charge >= 0.3 is 0 Å². The van der Waals surface area contributed by atoms with E-state index in [9.17, 15) is 9.59 Å². The number of benzene rings is 4. The van der Waals surface area contributed by atoms with Crippen LogP contribution in [0.25, 0.3) is 0 Å². The topological polar surface area (TPSA) is 93.2 Å². The van der Waals surface area contributed by atoms with E-state index in [4.69, 9.17) is 5.11 Å². The molecule has 0 aliphatic carbocycles. The second-order valence-corrected chi connectivity index (χ2v) is 12.5. The van der Waals surface area contributed by atoms with Crippen LogP contribution in [-0.2, 0) is 15.6 Å². The van der Waals surface area contributed by atoms with Crippen molar-refractivity contribution in [3.8, 4) is 0 Å². The van der Waals surface area contributed by atoms with Crippen molar-refractivity contribution in [2.24, 2.45) is 0 Å². The minimum atomic E-state index is -0.915. The van der Waals surface area contributed by atoms with Crippen LogP contribution in [0.1, 0.15) is 63.2 Å².